The molecule has 0 fully saturated rings. The Balaban J connectivity index is 2.13. The third-order valence-electron chi connectivity index (χ3n) is 3.84. The highest BCUT2D eigenvalue weighted by atomic mass is 35.5. The van der Waals surface area contributed by atoms with Gasteiger partial charge in [-0.15, -0.1) is 0 Å². The molecule has 0 amide bonds. The van der Waals surface area contributed by atoms with Crippen LogP contribution >= 0.6 is 23.2 Å². The maximum absolute atomic E-state index is 6.36. The molecule has 0 saturated heterocycles. The molecule has 2 aromatic rings. The molecule has 112 valence electrons. The Morgan fingerprint density at radius 2 is 2.14 bits per heavy atom. The normalized spacial score (nSPS) is 14.4. The maximum atomic E-state index is 6.36. The van der Waals surface area contributed by atoms with Crippen molar-refractivity contribution in [2.45, 2.75) is 39.0 Å². The van der Waals surface area contributed by atoms with Gasteiger partial charge in [-0.1, -0.05) is 36.5 Å². The first-order valence-corrected chi connectivity index (χ1v) is 8.26. The summed E-state index contributed by atoms with van der Waals surface area (Å²) in [4.78, 5) is 0. The molecule has 0 aliphatic carbocycles. The minimum absolute atomic E-state index is 0.627. The Kier molecular flexibility index (Phi) is 4.41. The van der Waals surface area contributed by atoms with Crippen molar-refractivity contribution in [2.24, 2.45) is 0 Å². The minimum atomic E-state index is 0.627. The second-order valence-corrected chi connectivity index (χ2v) is 6.26. The van der Waals surface area contributed by atoms with E-state index in [1.165, 1.54) is 24.1 Å². The molecular formula is C16H19Cl2N3. The Morgan fingerprint density at radius 1 is 1.29 bits per heavy atom. The van der Waals surface area contributed by atoms with Crippen molar-refractivity contribution in [2.75, 3.05) is 11.9 Å². The molecule has 0 unspecified atom stereocenters. The van der Waals surface area contributed by atoms with E-state index in [1.54, 1.807) is 6.07 Å². The van der Waals surface area contributed by atoms with Gasteiger partial charge in [0.15, 0.2) is 0 Å². The molecule has 0 saturated carbocycles. The Morgan fingerprint density at radius 3 is 2.90 bits per heavy atom. The number of rotatable bonds is 3. The third kappa shape index (κ3) is 2.90. The number of aromatic nitrogens is 2. The maximum Gasteiger partial charge on any atom is 0.133 e. The van der Waals surface area contributed by atoms with Crippen molar-refractivity contribution in [1.82, 2.24) is 9.78 Å². The summed E-state index contributed by atoms with van der Waals surface area (Å²) in [5, 5.41) is 9.60. The molecule has 0 atom stereocenters. The summed E-state index contributed by atoms with van der Waals surface area (Å²) in [6, 6.07) is 5.55. The molecule has 2 heterocycles. The molecular weight excluding hydrogens is 305 g/mol. The second kappa shape index (κ2) is 6.29. The summed E-state index contributed by atoms with van der Waals surface area (Å²) in [6.07, 6.45) is 5.58. The molecule has 1 aromatic carbocycles. The van der Waals surface area contributed by atoms with E-state index in [2.05, 4.69) is 12.2 Å². The van der Waals surface area contributed by atoms with Gasteiger partial charge >= 0.3 is 0 Å². The van der Waals surface area contributed by atoms with Crippen LogP contribution in [-0.2, 0) is 12.8 Å². The molecule has 0 radical (unpaired) electrons. The predicted molar refractivity (Wildman–Crippen MR) is 89.0 cm³/mol. The molecule has 3 nitrogen and oxygen atoms in total. The number of hydrogen-bond donors (Lipinski definition) is 1. The first kappa shape index (κ1) is 14.7. The van der Waals surface area contributed by atoms with Crippen LogP contribution in [0, 0.1) is 0 Å². The van der Waals surface area contributed by atoms with E-state index in [-0.39, 0.29) is 0 Å². The molecule has 5 heteroatoms. The van der Waals surface area contributed by atoms with Gasteiger partial charge in [-0.25, -0.2) is 4.68 Å². The Bertz CT molecular complexity index is 649. The fourth-order valence-electron chi connectivity index (χ4n) is 2.84. The van der Waals surface area contributed by atoms with E-state index in [0.29, 0.717) is 10.0 Å². The fourth-order valence-corrected chi connectivity index (χ4v) is 3.33. The van der Waals surface area contributed by atoms with Crippen LogP contribution in [0.2, 0.25) is 10.0 Å². The van der Waals surface area contributed by atoms with Crippen molar-refractivity contribution in [3.63, 3.8) is 0 Å². The van der Waals surface area contributed by atoms with Gasteiger partial charge in [0.1, 0.15) is 5.82 Å². The van der Waals surface area contributed by atoms with Gasteiger partial charge in [0.05, 0.1) is 16.4 Å². The number of anilines is 1. The van der Waals surface area contributed by atoms with E-state index in [1.807, 2.05) is 16.8 Å². The van der Waals surface area contributed by atoms with Crippen LogP contribution in [0.5, 0.6) is 0 Å². The van der Waals surface area contributed by atoms with E-state index in [9.17, 15) is 0 Å². The summed E-state index contributed by atoms with van der Waals surface area (Å²) in [5.74, 6) is 1.10. The van der Waals surface area contributed by atoms with Crippen molar-refractivity contribution < 1.29 is 0 Å². The summed E-state index contributed by atoms with van der Waals surface area (Å²) < 4.78 is 1.95. The largest absolute Gasteiger partial charge is 0.370 e. The Hall–Kier alpha value is -1.19. The smallest absolute Gasteiger partial charge is 0.133 e. The van der Waals surface area contributed by atoms with Crippen LogP contribution in [0.4, 0.5) is 5.82 Å². The van der Waals surface area contributed by atoms with Gasteiger partial charge in [-0.2, -0.15) is 5.10 Å². The molecule has 0 bridgehead atoms. The zero-order valence-corrected chi connectivity index (χ0v) is 13.6. The lowest BCUT2D eigenvalue weighted by molar-refractivity contribution is 0.753. The summed E-state index contributed by atoms with van der Waals surface area (Å²) in [7, 11) is 0. The summed E-state index contributed by atoms with van der Waals surface area (Å²) in [5.41, 5.74) is 3.42. The van der Waals surface area contributed by atoms with Crippen molar-refractivity contribution in [3.05, 3.63) is 39.5 Å². The van der Waals surface area contributed by atoms with Crippen LogP contribution in [0.15, 0.2) is 18.2 Å². The van der Waals surface area contributed by atoms with Crippen LogP contribution in [0.1, 0.15) is 37.4 Å². The minimum Gasteiger partial charge on any atom is -0.370 e. The number of aryl methyl sites for hydroxylation is 1. The third-order valence-corrected chi connectivity index (χ3v) is 4.38. The summed E-state index contributed by atoms with van der Waals surface area (Å²) >= 11 is 12.4. The van der Waals surface area contributed by atoms with Crippen molar-refractivity contribution in [3.8, 4) is 5.69 Å². The quantitative estimate of drug-likeness (QED) is 0.872. The summed E-state index contributed by atoms with van der Waals surface area (Å²) in [6.45, 7) is 3.17. The standard InChI is InChI=1S/C16H19Cl2N3/c1-2-5-14-12-6-3-4-9-19-16(12)21(20-14)15-8-7-11(17)10-13(15)18/h7-8,10,19H,2-6,9H2,1H3. The number of nitrogens with one attached hydrogen (secondary N) is 1. The number of fused-ring (bicyclic) bond motifs is 1. The van der Waals surface area contributed by atoms with Gasteiger partial charge in [-0.3, -0.25) is 0 Å². The van der Waals surface area contributed by atoms with Gasteiger partial charge in [0, 0.05) is 17.1 Å². The van der Waals surface area contributed by atoms with Crippen molar-refractivity contribution in [1.29, 1.82) is 0 Å². The van der Waals surface area contributed by atoms with Gasteiger partial charge in [0.25, 0.3) is 0 Å². The van der Waals surface area contributed by atoms with E-state index >= 15 is 0 Å². The average molecular weight is 324 g/mol. The SMILES string of the molecule is CCCc1nn(-c2ccc(Cl)cc2Cl)c2c1CCCCN2. The topological polar surface area (TPSA) is 29.9 Å². The number of nitrogens with zero attached hydrogens (tertiary/aromatic N) is 2. The molecule has 3 rings (SSSR count). The second-order valence-electron chi connectivity index (χ2n) is 5.42. The zero-order valence-electron chi connectivity index (χ0n) is 12.1. The highest BCUT2D eigenvalue weighted by molar-refractivity contribution is 6.35. The van der Waals surface area contributed by atoms with Gasteiger partial charge in [0.2, 0.25) is 0 Å². The molecule has 21 heavy (non-hydrogen) atoms. The lowest BCUT2D eigenvalue weighted by atomic mass is 10.1. The predicted octanol–water partition coefficient (Wildman–Crippen LogP) is 4.88. The molecule has 1 aliphatic rings. The van der Waals surface area contributed by atoms with E-state index < -0.39 is 0 Å². The molecule has 1 N–H and O–H groups in total. The van der Waals surface area contributed by atoms with Crippen LogP contribution in [0.25, 0.3) is 5.69 Å². The number of benzene rings is 1. The number of halogens is 2. The monoisotopic (exact) mass is 323 g/mol. The van der Waals surface area contributed by atoms with Crippen molar-refractivity contribution >= 4 is 29.0 Å². The lowest BCUT2D eigenvalue weighted by Gasteiger charge is -2.11. The number of hydrogen-bond acceptors (Lipinski definition) is 2. The highest BCUT2D eigenvalue weighted by Crippen LogP contribution is 2.32. The lowest BCUT2D eigenvalue weighted by Crippen LogP contribution is -2.07. The first-order valence-electron chi connectivity index (χ1n) is 7.50. The van der Waals surface area contributed by atoms with Crippen LogP contribution < -0.4 is 5.32 Å². The Labute approximate surface area is 135 Å². The van der Waals surface area contributed by atoms with E-state index in [4.69, 9.17) is 28.3 Å². The van der Waals surface area contributed by atoms with Crippen LogP contribution in [-0.4, -0.2) is 16.3 Å². The molecule has 1 aromatic heterocycles. The van der Waals surface area contributed by atoms with Gasteiger partial charge in [-0.05, 0) is 43.9 Å². The average Bonchev–Trinajstić information content (AvgIpc) is 2.64. The molecule has 1 aliphatic heterocycles. The molecule has 0 spiro atoms. The first-order chi connectivity index (χ1) is 10.2. The highest BCUT2D eigenvalue weighted by Gasteiger charge is 2.21. The van der Waals surface area contributed by atoms with Gasteiger partial charge < -0.3 is 5.32 Å². The fraction of sp³-hybridized carbons (Fsp3) is 0.438. The zero-order chi connectivity index (χ0) is 14.8. The van der Waals surface area contributed by atoms with E-state index in [0.717, 1.165) is 37.3 Å². The van der Waals surface area contributed by atoms with Crippen LogP contribution in [0.3, 0.4) is 0 Å².